The van der Waals surface area contributed by atoms with Crippen LogP contribution in [0.2, 0.25) is 0 Å². The summed E-state index contributed by atoms with van der Waals surface area (Å²) in [5.74, 6) is 0.840. The van der Waals surface area contributed by atoms with E-state index >= 15 is 0 Å². The monoisotopic (exact) mass is 336 g/mol. The average Bonchev–Trinajstić information content (AvgIpc) is 2.81. The number of ether oxygens (including phenoxy) is 2. The van der Waals surface area contributed by atoms with Crippen molar-refractivity contribution in [3.8, 4) is 17.6 Å². The van der Waals surface area contributed by atoms with E-state index in [0.717, 1.165) is 4.47 Å². The molecule has 0 saturated heterocycles. The summed E-state index contributed by atoms with van der Waals surface area (Å²) in [6, 6.07) is 5.36. The normalized spacial score (nSPS) is 13.2. The van der Waals surface area contributed by atoms with Gasteiger partial charge in [-0.3, -0.25) is 4.79 Å². The van der Waals surface area contributed by atoms with Crippen molar-refractivity contribution < 1.29 is 14.3 Å². The third-order valence-electron chi connectivity index (χ3n) is 2.58. The predicted molar refractivity (Wildman–Crippen MR) is 77.1 cm³/mol. The van der Waals surface area contributed by atoms with Crippen LogP contribution in [0.5, 0.6) is 11.5 Å². The number of hydrogen-bond donors (Lipinski definition) is 1. The number of nitrogens with zero attached hydrogens (tertiary/aromatic N) is 1. The van der Waals surface area contributed by atoms with Crippen LogP contribution in [-0.2, 0) is 4.79 Å². The van der Waals surface area contributed by atoms with Gasteiger partial charge in [0.2, 0.25) is 6.79 Å². The van der Waals surface area contributed by atoms with Gasteiger partial charge in [0.15, 0.2) is 11.5 Å². The zero-order chi connectivity index (χ0) is 14.7. The maximum Gasteiger partial charge on any atom is 0.262 e. The lowest BCUT2D eigenvalue weighted by molar-refractivity contribution is -0.117. The van der Waals surface area contributed by atoms with Gasteiger partial charge in [-0.1, -0.05) is 15.9 Å². The molecular weight excluding hydrogens is 324 g/mol. The minimum atomic E-state index is -0.396. The van der Waals surface area contributed by atoms with Crippen molar-refractivity contribution in [2.45, 2.75) is 19.9 Å². The minimum Gasteiger partial charge on any atom is -0.454 e. The van der Waals surface area contributed by atoms with Crippen LogP contribution in [0.3, 0.4) is 0 Å². The number of carbonyl (C=O) groups is 1. The van der Waals surface area contributed by atoms with E-state index in [4.69, 9.17) is 14.7 Å². The average molecular weight is 337 g/mol. The molecule has 1 amide bonds. The highest BCUT2D eigenvalue weighted by Crippen LogP contribution is 2.37. The van der Waals surface area contributed by atoms with Gasteiger partial charge in [0.1, 0.15) is 11.6 Å². The van der Waals surface area contributed by atoms with Crippen molar-refractivity contribution in [3.05, 3.63) is 27.7 Å². The number of nitrogens with one attached hydrogen (secondary N) is 1. The molecular formula is C14H13BrN2O3. The number of fused-ring (bicyclic) bond motifs is 1. The van der Waals surface area contributed by atoms with Crippen LogP contribution in [0.25, 0.3) is 6.08 Å². The predicted octanol–water partition coefficient (Wildman–Crippen LogP) is 2.61. The van der Waals surface area contributed by atoms with Crippen LogP contribution in [0, 0.1) is 11.3 Å². The topological polar surface area (TPSA) is 71.4 Å². The Morgan fingerprint density at radius 1 is 1.45 bits per heavy atom. The molecule has 1 aliphatic rings. The number of rotatable bonds is 3. The molecule has 0 aliphatic carbocycles. The maximum atomic E-state index is 11.9. The molecule has 1 N–H and O–H groups in total. The molecule has 20 heavy (non-hydrogen) atoms. The van der Waals surface area contributed by atoms with E-state index in [-0.39, 0.29) is 18.4 Å². The van der Waals surface area contributed by atoms with Crippen molar-refractivity contribution >= 4 is 27.9 Å². The Morgan fingerprint density at radius 3 is 2.70 bits per heavy atom. The largest absolute Gasteiger partial charge is 0.454 e. The fourth-order valence-corrected chi connectivity index (χ4v) is 2.12. The highest BCUT2D eigenvalue weighted by molar-refractivity contribution is 9.10. The quantitative estimate of drug-likeness (QED) is 0.680. The third-order valence-corrected chi connectivity index (χ3v) is 3.26. The Bertz CT molecular complexity index is 618. The number of hydrogen-bond acceptors (Lipinski definition) is 4. The van der Waals surface area contributed by atoms with Crippen LogP contribution < -0.4 is 14.8 Å². The van der Waals surface area contributed by atoms with Crippen LogP contribution in [0.4, 0.5) is 0 Å². The number of carbonyl (C=O) groups excluding carboxylic acids is 1. The summed E-state index contributed by atoms with van der Waals surface area (Å²) in [5.41, 5.74) is 0.725. The lowest BCUT2D eigenvalue weighted by Gasteiger charge is -2.07. The molecule has 0 saturated carbocycles. The maximum absolute atomic E-state index is 11.9. The molecule has 0 bridgehead atoms. The molecule has 2 rings (SSSR count). The van der Waals surface area contributed by atoms with Crippen molar-refractivity contribution in [2.75, 3.05) is 6.79 Å². The van der Waals surface area contributed by atoms with Gasteiger partial charge in [0, 0.05) is 10.5 Å². The fourth-order valence-electron chi connectivity index (χ4n) is 1.69. The number of nitriles is 1. The van der Waals surface area contributed by atoms with Gasteiger partial charge >= 0.3 is 0 Å². The van der Waals surface area contributed by atoms with E-state index in [2.05, 4.69) is 21.2 Å². The van der Waals surface area contributed by atoms with E-state index in [1.807, 2.05) is 19.9 Å². The Kier molecular flexibility index (Phi) is 4.30. The molecule has 0 fully saturated rings. The first-order valence-electron chi connectivity index (χ1n) is 6.03. The molecule has 0 spiro atoms. The van der Waals surface area contributed by atoms with Gasteiger partial charge in [0.25, 0.3) is 5.91 Å². The van der Waals surface area contributed by atoms with Gasteiger partial charge in [-0.15, -0.1) is 0 Å². The van der Waals surface area contributed by atoms with Crippen molar-refractivity contribution in [3.63, 3.8) is 0 Å². The lowest BCUT2D eigenvalue weighted by atomic mass is 10.1. The first-order valence-corrected chi connectivity index (χ1v) is 6.82. The van der Waals surface area contributed by atoms with Crippen molar-refractivity contribution in [1.82, 2.24) is 5.32 Å². The summed E-state index contributed by atoms with van der Waals surface area (Å²) < 4.78 is 11.3. The van der Waals surface area contributed by atoms with Crippen LogP contribution in [-0.4, -0.2) is 18.7 Å². The fraction of sp³-hybridized carbons (Fsp3) is 0.286. The Hall–Kier alpha value is -2.00. The first kappa shape index (κ1) is 14.4. The highest BCUT2D eigenvalue weighted by Gasteiger charge is 2.17. The second-order valence-electron chi connectivity index (χ2n) is 4.52. The van der Waals surface area contributed by atoms with E-state index in [9.17, 15) is 4.79 Å². The summed E-state index contributed by atoms with van der Waals surface area (Å²) >= 11 is 3.39. The van der Waals surface area contributed by atoms with E-state index < -0.39 is 5.91 Å². The highest BCUT2D eigenvalue weighted by atomic mass is 79.9. The van der Waals surface area contributed by atoms with Crippen LogP contribution in [0.15, 0.2) is 22.2 Å². The molecule has 0 unspecified atom stereocenters. The number of benzene rings is 1. The molecule has 1 aliphatic heterocycles. The van der Waals surface area contributed by atoms with Crippen LogP contribution in [0.1, 0.15) is 19.4 Å². The van der Waals surface area contributed by atoms with Gasteiger partial charge in [0.05, 0.1) is 0 Å². The molecule has 6 heteroatoms. The molecule has 104 valence electrons. The minimum absolute atomic E-state index is 0.0283. The first-order chi connectivity index (χ1) is 9.51. The summed E-state index contributed by atoms with van der Waals surface area (Å²) in [5, 5.41) is 11.8. The molecule has 0 radical (unpaired) electrons. The van der Waals surface area contributed by atoms with Gasteiger partial charge in [-0.2, -0.15) is 5.26 Å². The van der Waals surface area contributed by atoms with Gasteiger partial charge in [-0.05, 0) is 37.6 Å². The van der Waals surface area contributed by atoms with Gasteiger partial charge < -0.3 is 14.8 Å². The summed E-state index contributed by atoms with van der Waals surface area (Å²) in [6.45, 7) is 3.85. The van der Waals surface area contributed by atoms with Crippen molar-refractivity contribution in [1.29, 1.82) is 5.26 Å². The molecule has 1 aromatic carbocycles. The SMILES string of the molecule is CC(C)NC(=O)/C(C#N)=C/c1cc2c(cc1Br)OCO2. The van der Waals surface area contributed by atoms with E-state index in [1.54, 1.807) is 12.1 Å². The Labute approximate surface area is 125 Å². The van der Waals surface area contributed by atoms with Crippen molar-refractivity contribution in [2.24, 2.45) is 0 Å². The van der Waals surface area contributed by atoms with Crippen LogP contribution >= 0.6 is 15.9 Å². The second-order valence-corrected chi connectivity index (χ2v) is 5.38. The lowest BCUT2D eigenvalue weighted by Crippen LogP contribution is -2.30. The van der Waals surface area contributed by atoms with E-state index in [0.29, 0.717) is 17.1 Å². The number of amides is 1. The zero-order valence-electron chi connectivity index (χ0n) is 11.1. The smallest absolute Gasteiger partial charge is 0.262 e. The summed E-state index contributed by atoms with van der Waals surface area (Å²) in [6.07, 6.45) is 1.52. The Balaban J connectivity index is 2.33. The molecule has 1 heterocycles. The third kappa shape index (κ3) is 3.11. The molecule has 1 aromatic rings. The van der Waals surface area contributed by atoms with Gasteiger partial charge in [-0.25, -0.2) is 0 Å². The van der Waals surface area contributed by atoms with E-state index in [1.165, 1.54) is 6.08 Å². The zero-order valence-corrected chi connectivity index (χ0v) is 12.7. The Morgan fingerprint density at radius 2 is 2.10 bits per heavy atom. The number of halogens is 1. The summed E-state index contributed by atoms with van der Waals surface area (Å²) in [4.78, 5) is 11.9. The summed E-state index contributed by atoms with van der Waals surface area (Å²) in [7, 11) is 0. The molecule has 0 aromatic heterocycles. The standard InChI is InChI=1S/C14H13BrN2O3/c1-8(2)17-14(18)10(6-16)3-9-4-12-13(5-11(9)15)20-7-19-12/h3-5,8H,7H2,1-2H3,(H,17,18)/b10-3+. The molecule has 0 atom stereocenters. The second kappa shape index (κ2) is 5.97. The molecule has 5 nitrogen and oxygen atoms in total.